The van der Waals surface area contributed by atoms with Gasteiger partial charge in [-0.2, -0.15) is 0 Å². The van der Waals surface area contributed by atoms with E-state index >= 15 is 0 Å². The first-order valence-electron chi connectivity index (χ1n) is 6.08. The molecule has 0 spiro atoms. The Balaban J connectivity index is 2.19. The summed E-state index contributed by atoms with van der Waals surface area (Å²) in [6, 6.07) is 6.35. The molecule has 2 rings (SSSR count). The normalized spacial score (nSPS) is 10.7. The molecule has 0 saturated carbocycles. The number of benzene rings is 1. The lowest BCUT2D eigenvalue weighted by atomic mass is 10.1. The molecule has 0 fully saturated rings. The number of hydrogen-bond acceptors (Lipinski definition) is 3. The van der Waals surface area contributed by atoms with E-state index in [0.717, 1.165) is 12.4 Å². The van der Waals surface area contributed by atoms with Crippen LogP contribution < -0.4 is 10.6 Å². The number of hydrogen-bond donors (Lipinski definition) is 1. The summed E-state index contributed by atoms with van der Waals surface area (Å²) in [6.07, 6.45) is 3.79. The molecule has 0 aliphatic rings. The van der Waals surface area contributed by atoms with Crippen LogP contribution in [0.25, 0.3) is 0 Å². The molecule has 1 aromatic carbocycles. The van der Waals surface area contributed by atoms with Crippen molar-refractivity contribution in [3.05, 3.63) is 47.5 Å². The van der Waals surface area contributed by atoms with E-state index in [1.54, 1.807) is 0 Å². The minimum atomic E-state index is 0.588. The number of aryl methyl sites for hydroxylation is 2. The fourth-order valence-electron chi connectivity index (χ4n) is 2.12. The molecule has 96 valence electrons. The van der Waals surface area contributed by atoms with Crippen LogP contribution in [0, 0.1) is 6.92 Å². The SMILES string of the molecule is Cc1cc(CN)ccc1N(C)Cc1nccn1C. The van der Waals surface area contributed by atoms with Gasteiger partial charge in [0.15, 0.2) is 0 Å². The highest BCUT2D eigenvalue weighted by Crippen LogP contribution is 2.21. The number of imidazole rings is 1. The molecular weight excluding hydrogens is 224 g/mol. The maximum atomic E-state index is 5.65. The molecule has 0 amide bonds. The summed E-state index contributed by atoms with van der Waals surface area (Å²) in [5.41, 5.74) is 9.28. The highest BCUT2D eigenvalue weighted by molar-refractivity contribution is 5.53. The number of aromatic nitrogens is 2. The van der Waals surface area contributed by atoms with E-state index in [1.165, 1.54) is 16.8 Å². The third-order valence-corrected chi connectivity index (χ3v) is 3.21. The van der Waals surface area contributed by atoms with Crippen molar-refractivity contribution in [1.29, 1.82) is 0 Å². The van der Waals surface area contributed by atoms with Crippen LogP contribution in [-0.2, 0) is 20.1 Å². The summed E-state index contributed by atoms with van der Waals surface area (Å²) in [5.74, 6) is 1.06. The molecule has 1 heterocycles. The van der Waals surface area contributed by atoms with Crippen LogP contribution >= 0.6 is 0 Å². The van der Waals surface area contributed by atoms with Crippen molar-refractivity contribution in [2.45, 2.75) is 20.0 Å². The standard InChI is InChI=1S/C14H20N4/c1-11-8-12(9-15)4-5-13(11)18(3)10-14-16-6-7-17(14)2/h4-8H,9-10,15H2,1-3H3. The number of rotatable bonds is 4. The molecular formula is C14H20N4. The highest BCUT2D eigenvalue weighted by atomic mass is 15.2. The summed E-state index contributed by atoms with van der Waals surface area (Å²) in [4.78, 5) is 6.55. The Labute approximate surface area is 108 Å². The van der Waals surface area contributed by atoms with Crippen molar-refractivity contribution in [3.63, 3.8) is 0 Å². The predicted molar refractivity (Wildman–Crippen MR) is 74.4 cm³/mol. The van der Waals surface area contributed by atoms with Crippen molar-refractivity contribution >= 4 is 5.69 Å². The first kappa shape index (κ1) is 12.6. The van der Waals surface area contributed by atoms with Crippen LogP contribution in [0.15, 0.2) is 30.6 Å². The van der Waals surface area contributed by atoms with Gasteiger partial charge in [0.1, 0.15) is 5.82 Å². The van der Waals surface area contributed by atoms with Gasteiger partial charge >= 0.3 is 0 Å². The summed E-state index contributed by atoms with van der Waals surface area (Å²) >= 11 is 0. The molecule has 4 nitrogen and oxygen atoms in total. The third kappa shape index (κ3) is 2.54. The van der Waals surface area contributed by atoms with Gasteiger partial charge < -0.3 is 15.2 Å². The quantitative estimate of drug-likeness (QED) is 0.892. The highest BCUT2D eigenvalue weighted by Gasteiger charge is 2.08. The number of anilines is 1. The molecule has 0 saturated heterocycles. The van der Waals surface area contributed by atoms with Crippen LogP contribution in [0.4, 0.5) is 5.69 Å². The Hall–Kier alpha value is -1.81. The van der Waals surface area contributed by atoms with Crippen molar-refractivity contribution in [2.75, 3.05) is 11.9 Å². The molecule has 0 atom stereocenters. The Morgan fingerprint density at radius 3 is 2.72 bits per heavy atom. The molecule has 2 N–H and O–H groups in total. The Kier molecular flexibility index (Phi) is 3.67. The van der Waals surface area contributed by atoms with Crippen LogP contribution in [0.5, 0.6) is 0 Å². The zero-order valence-corrected chi connectivity index (χ0v) is 11.2. The molecule has 2 aromatic rings. The maximum absolute atomic E-state index is 5.65. The molecule has 0 radical (unpaired) electrons. The monoisotopic (exact) mass is 244 g/mol. The van der Waals surface area contributed by atoms with Crippen LogP contribution in [0.1, 0.15) is 17.0 Å². The lowest BCUT2D eigenvalue weighted by Gasteiger charge is -2.21. The zero-order chi connectivity index (χ0) is 13.1. The largest absolute Gasteiger partial charge is 0.367 e. The summed E-state index contributed by atoms with van der Waals surface area (Å²) in [7, 11) is 4.10. The number of nitrogens with two attached hydrogens (primary N) is 1. The predicted octanol–water partition coefficient (Wildman–Crippen LogP) is 1.82. The van der Waals surface area contributed by atoms with E-state index < -0.39 is 0 Å². The molecule has 1 aromatic heterocycles. The van der Waals surface area contributed by atoms with Gasteiger partial charge in [0.25, 0.3) is 0 Å². The van der Waals surface area contributed by atoms with Crippen molar-refractivity contribution in [3.8, 4) is 0 Å². The maximum Gasteiger partial charge on any atom is 0.127 e. The average molecular weight is 244 g/mol. The zero-order valence-electron chi connectivity index (χ0n) is 11.2. The van der Waals surface area contributed by atoms with Crippen LogP contribution in [0.3, 0.4) is 0 Å². The van der Waals surface area contributed by atoms with Gasteiger partial charge in [0.05, 0.1) is 6.54 Å². The minimum Gasteiger partial charge on any atom is -0.367 e. The van der Waals surface area contributed by atoms with E-state index in [4.69, 9.17) is 5.73 Å². The third-order valence-electron chi connectivity index (χ3n) is 3.21. The number of nitrogens with zero attached hydrogens (tertiary/aromatic N) is 3. The fourth-order valence-corrected chi connectivity index (χ4v) is 2.12. The van der Waals surface area contributed by atoms with Gasteiger partial charge in [-0.05, 0) is 24.1 Å². The van der Waals surface area contributed by atoms with E-state index in [9.17, 15) is 0 Å². The van der Waals surface area contributed by atoms with Crippen molar-refractivity contribution in [1.82, 2.24) is 9.55 Å². The Morgan fingerprint density at radius 2 is 2.17 bits per heavy atom. The van der Waals surface area contributed by atoms with Crippen LogP contribution in [0.2, 0.25) is 0 Å². The fraction of sp³-hybridized carbons (Fsp3) is 0.357. The second-order valence-electron chi connectivity index (χ2n) is 4.64. The average Bonchev–Trinajstić information content (AvgIpc) is 2.74. The van der Waals surface area contributed by atoms with Crippen molar-refractivity contribution < 1.29 is 0 Å². The van der Waals surface area contributed by atoms with Gasteiger partial charge in [-0.3, -0.25) is 0 Å². The summed E-state index contributed by atoms with van der Waals surface area (Å²) in [6.45, 7) is 3.50. The van der Waals surface area contributed by atoms with Gasteiger partial charge in [-0.1, -0.05) is 12.1 Å². The molecule has 0 unspecified atom stereocenters. The Bertz CT molecular complexity index is 530. The van der Waals surface area contributed by atoms with E-state index in [0.29, 0.717) is 6.54 Å². The van der Waals surface area contributed by atoms with E-state index in [1.807, 2.05) is 24.0 Å². The van der Waals surface area contributed by atoms with Gasteiger partial charge in [-0.15, -0.1) is 0 Å². The summed E-state index contributed by atoms with van der Waals surface area (Å²) < 4.78 is 2.04. The lowest BCUT2D eigenvalue weighted by Crippen LogP contribution is -2.20. The first-order valence-corrected chi connectivity index (χ1v) is 6.08. The smallest absolute Gasteiger partial charge is 0.127 e. The lowest BCUT2D eigenvalue weighted by molar-refractivity contribution is 0.760. The minimum absolute atomic E-state index is 0.588. The van der Waals surface area contributed by atoms with Gasteiger partial charge in [0.2, 0.25) is 0 Å². The van der Waals surface area contributed by atoms with Crippen LogP contribution in [-0.4, -0.2) is 16.6 Å². The molecule has 0 bridgehead atoms. The molecule has 4 heteroatoms. The second-order valence-corrected chi connectivity index (χ2v) is 4.64. The van der Waals surface area contributed by atoms with Gasteiger partial charge in [-0.25, -0.2) is 4.98 Å². The topological polar surface area (TPSA) is 47.1 Å². The summed E-state index contributed by atoms with van der Waals surface area (Å²) in [5, 5.41) is 0. The Morgan fingerprint density at radius 1 is 1.39 bits per heavy atom. The first-order chi connectivity index (χ1) is 8.61. The van der Waals surface area contributed by atoms with Gasteiger partial charge in [0, 0.05) is 38.7 Å². The second kappa shape index (κ2) is 5.23. The molecule has 0 aliphatic carbocycles. The van der Waals surface area contributed by atoms with Crippen molar-refractivity contribution in [2.24, 2.45) is 12.8 Å². The van der Waals surface area contributed by atoms with E-state index in [2.05, 4.69) is 42.1 Å². The van der Waals surface area contributed by atoms with E-state index in [-0.39, 0.29) is 0 Å². The molecule has 0 aliphatic heterocycles. The molecule has 18 heavy (non-hydrogen) atoms.